The van der Waals surface area contributed by atoms with Gasteiger partial charge in [-0.15, -0.1) is 0 Å². The minimum atomic E-state index is -3.53. The van der Waals surface area contributed by atoms with Gasteiger partial charge in [0.1, 0.15) is 0 Å². The van der Waals surface area contributed by atoms with Crippen molar-refractivity contribution in [2.24, 2.45) is 0 Å². The van der Waals surface area contributed by atoms with Gasteiger partial charge in [0.05, 0.1) is 0 Å². The monoisotopic (exact) mass is 1260 g/mol. The molecule has 0 nitrogen and oxygen atoms in total. The van der Waals surface area contributed by atoms with Crippen LogP contribution in [0, 0.1) is 41.5 Å². The van der Waals surface area contributed by atoms with Crippen LogP contribution in [0.3, 0.4) is 0 Å². The summed E-state index contributed by atoms with van der Waals surface area (Å²) in [7, 11) is -22.1. The van der Waals surface area contributed by atoms with Gasteiger partial charge in [0.2, 0.25) is 0 Å². The summed E-state index contributed by atoms with van der Waals surface area (Å²) < 4.78 is 1.68. The van der Waals surface area contributed by atoms with Gasteiger partial charge in [-0.3, -0.25) is 0 Å². The van der Waals surface area contributed by atoms with Crippen molar-refractivity contribution in [2.45, 2.75) is 251 Å². The second-order valence-electron chi connectivity index (χ2n) is 32.6. The second kappa shape index (κ2) is 22.2. The Labute approximate surface area is 500 Å². The zero-order valence-corrected chi connectivity index (χ0v) is 69.0. The molecule has 0 spiro atoms. The molecule has 0 saturated carbocycles. The van der Waals surface area contributed by atoms with Gasteiger partial charge < -0.3 is 37.2 Å². The molecule has 1 aliphatic carbocycles. The zero-order chi connectivity index (χ0) is 56.2. The standard InChI is InChI=1S/C60H111Si10.3ClH.Ti/c1-39-38-60(10,47(9)40(39)2)70(54-44(6)48(61(11,12)13)41(3)51(64(20,21)22)57(54)67(29,30)31,55-45(7)49(62(14,15)16)42(4)52(65(23,24)25)58(55)68(32,33)34)56-46(8)50(63(17,18)19)43(5)53(66(26,27)28)59(56)69(35,36)37;;;;/h1-37H3;3*1H;/q;;;;+3/p-3. The predicted molar refractivity (Wildman–Crippen MR) is 359 cm³/mol. The molecule has 74 heavy (non-hydrogen) atoms. The van der Waals surface area contributed by atoms with Crippen molar-refractivity contribution in [3.63, 3.8) is 0 Å². The Kier molecular flexibility index (Phi) is 21.9. The first-order valence-electron chi connectivity index (χ1n) is 27.8. The van der Waals surface area contributed by atoms with Gasteiger partial charge >= 0.3 is 468 Å². The van der Waals surface area contributed by atoms with E-state index in [9.17, 15) is 0 Å². The van der Waals surface area contributed by atoms with E-state index in [0.29, 0.717) is 0 Å². The maximum Gasteiger partial charge on any atom is -1.00 e. The SMILES string of the molecule is CC1=C(C)C(C)([Si](c2c(C)c([Si](C)(C)C)c(C)c([Si](C)(C)C)c2[Si](C)(C)C)(c2c(C)c([Si](C)(C)C)c(C)c([Si](C)(C)C)c2[Si](C)(C)C)c2c(C)c([Si](C)(C)C)c(C)c([Si](C)(C)C)c2[Si](C)(C)C)[C]([Ti+3])=C1C.[Cl-].[Cl-].[Cl-]. The Morgan fingerprint density at radius 2 is 0.405 bits per heavy atom. The topological polar surface area (TPSA) is 0 Å². The Morgan fingerprint density at radius 1 is 0.243 bits per heavy atom. The van der Waals surface area contributed by atoms with E-state index in [1.165, 1.54) is 0 Å². The zero-order valence-electron chi connectivity index (χ0n) is 55.1. The Bertz CT molecular complexity index is 2480. The van der Waals surface area contributed by atoms with Gasteiger partial charge in [-0.25, -0.2) is 0 Å². The molecular weight excluding hydrogens is 1160 g/mol. The van der Waals surface area contributed by atoms with Crippen LogP contribution >= 0.6 is 0 Å². The summed E-state index contributed by atoms with van der Waals surface area (Å²) in [6.07, 6.45) is 0. The van der Waals surface area contributed by atoms with Gasteiger partial charge in [0.15, 0.2) is 0 Å². The molecule has 4 rings (SSSR count). The summed E-state index contributed by atoms with van der Waals surface area (Å²) in [4.78, 5) is 0. The molecule has 0 aliphatic heterocycles. The van der Waals surface area contributed by atoms with Crippen molar-refractivity contribution in [3.8, 4) is 0 Å². The number of rotatable bonds is 13. The van der Waals surface area contributed by atoms with E-state index < -0.39 is 80.7 Å². The molecule has 3 aromatic rings. The fourth-order valence-electron chi connectivity index (χ4n) is 15.9. The van der Waals surface area contributed by atoms with Crippen molar-refractivity contribution in [3.05, 3.63) is 54.0 Å². The molecule has 0 aromatic heterocycles. The van der Waals surface area contributed by atoms with E-state index in [-0.39, 0.29) is 42.3 Å². The molecule has 0 amide bonds. The summed E-state index contributed by atoms with van der Waals surface area (Å²) in [5.74, 6) is 0. The van der Waals surface area contributed by atoms with Crippen LogP contribution < -0.4 is 99.5 Å². The van der Waals surface area contributed by atoms with Gasteiger partial charge in [-0.1, -0.05) is 0 Å². The fraction of sp³-hybridized carbons (Fsp3) is 0.633. The number of benzene rings is 3. The van der Waals surface area contributed by atoms with Crippen molar-refractivity contribution in [1.29, 1.82) is 0 Å². The molecule has 0 bridgehead atoms. The van der Waals surface area contributed by atoms with E-state index >= 15 is 0 Å². The fourth-order valence-corrected chi connectivity index (χ4v) is 57.0. The summed E-state index contributed by atoms with van der Waals surface area (Å²) in [6.45, 7) is 101. The van der Waals surface area contributed by atoms with Crippen LogP contribution in [0.4, 0.5) is 0 Å². The smallest absolute Gasteiger partial charge is 1.00 e. The number of hydrogen-bond donors (Lipinski definition) is 0. The van der Waals surface area contributed by atoms with Crippen molar-refractivity contribution in [1.82, 2.24) is 0 Å². The van der Waals surface area contributed by atoms with Crippen molar-refractivity contribution < 1.29 is 57.7 Å². The van der Waals surface area contributed by atoms with Crippen LogP contribution in [0.5, 0.6) is 0 Å². The normalized spacial score (nSPS) is 17.0. The van der Waals surface area contributed by atoms with E-state index in [4.69, 9.17) is 0 Å². The molecule has 14 heteroatoms. The molecule has 0 heterocycles. The van der Waals surface area contributed by atoms with Gasteiger partial charge in [0.25, 0.3) is 0 Å². The Hall–Kier alpha value is 0.893. The maximum absolute atomic E-state index is 3.53. The molecule has 3 aromatic carbocycles. The van der Waals surface area contributed by atoms with Crippen LogP contribution in [0.1, 0.15) is 61.1 Å². The molecular formula is C60H111Cl3Si10Ti. The minimum absolute atomic E-state index is 0. The molecule has 1 atom stereocenters. The maximum atomic E-state index is 2.94. The van der Waals surface area contributed by atoms with Gasteiger partial charge in [0, 0.05) is 0 Å². The van der Waals surface area contributed by atoms with E-state index in [1.807, 2.05) is 46.7 Å². The van der Waals surface area contributed by atoms with Crippen molar-refractivity contribution >= 4 is 143 Å². The van der Waals surface area contributed by atoms with Crippen molar-refractivity contribution in [2.75, 3.05) is 0 Å². The third-order valence-corrected chi connectivity index (χ3v) is 46.0. The van der Waals surface area contributed by atoms with Gasteiger partial charge in [-0.05, 0) is 0 Å². The van der Waals surface area contributed by atoms with Crippen LogP contribution in [0.15, 0.2) is 20.6 Å². The number of halogens is 3. The summed E-state index contributed by atoms with van der Waals surface area (Å²) in [6, 6.07) is 0. The summed E-state index contributed by atoms with van der Waals surface area (Å²) >= 11 is 2.68. The third kappa shape index (κ3) is 11.9. The predicted octanol–water partition coefficient (Wildman–Crippen LogP) is 2.86. The van der Waals surface area contributed by atoms with Crippen LogP contribution in [-0.2, 0) is 20.4 Å². The largest absolute Gasteiger partial charge is 1.00 e. The first kappa shape index (κ1) is 72.9. The quantitative estimate of drug-likeness (QED) is 0.183. The first-order valence-corrected chi connectivity index (χ1v) is 62.0. The number of allylic oxidation sites excluding steroid dienone is 4. The van der Waals surface area contributed by atoms with Crippen LogP contribution in [0.25, 0.3) is 0 Å². The molecule has 1 unspecified atom stereocenters. The Balaban J connectivity index is 0.00000913. The van der Waals surface area contributed by atoms with Crippen LogP contribution in [0.2, 0.25) is 182 Å². The summed E-state index contributed by atoms with van der Waals surface area (Å²) in [5, 5.41) is 22.3. The van der Waals surface area contributed by atoms with E-state index in [1.54, 1.807) is 69.5 Å². The molecule has 0 radical (unpaired) electrons. The van der Waals surface area contributed by atoms with E-state index in [2.05, 4.69) is 266 Å². The molecule has 0 saturated heterocycles. The average molecular weight is 1270 g/mol. The Morgan fingerprint density at radius 3 is 0.541 bits per heavy atom. The second-order valence-corrected chi connectivity index (χ2v) is 82.4. The minimum Gasteiger partial charge on any atom is -1.00 e. The number of hydrogen-bond acceptors (Lipinski definition) is 0. The average Bonchev–Trinajstić information content (AvgIpc) is 3.23. The molecule has 0 N–H and O–H groups in total. The summed E-state index contributed by atoms with van der Waals surface area (Å²) in [5.41, 5.74) is 15.1. The molecule has 1 aliphatic rings. The molecule has 416 valence electrons. The first-order chi connectivity index (χ1) is 31.1. The van der Waals surface area contributed by atoms with Gasteiger partial charge in [-0.2, -0.15) is 0 Å². The van der Waals surface area contributed by atoms with E-state index in [0.717, 1.165) is 0 Å². The molecule has 0 fully saturated rings. The van der Waals surface area contributed by atoms with Crippen LogP contribution in [-0.4, -0.2) is 80.7 Å². The third-order valence-electron chi connectivity index (χ3n) is 17.4.